The average Bonchev–Trinajstić information content (AvgIpc) is 2.62. The van der Waals surface area contributed by atoms with E-state index < -0.39 is 0 Å². The highest BCUT2D eigenvalue weighted by molar-refractivity contribution is 5.76. The van der Waals surface area contributed by atoms with Crippen molar-refractivity contribution >= 4 is 5.91 Å². The summed E-state index contributed by atoms with van der Waals surface area (Å²) in [5, 5.41) is 6.00. The summed E-state index contributed by atoms with van der Waals surface area (Å²) in [6.45, 7) is 5.52. The van der Waals surface area contributed by atoms with Gasteiger partial charge in [0.1, 0.15) is 0 Å². The maximum atomic E-state index is 11.5. The van der Waals surface area contributed by atoms with Crippen LogP contribution in [0.15, 0.2) is 18.3 Å². The molecule has 90 valence electrons. The maximum Gasteiger partial charge on any atom is 0.221 e. The predicted molar refractivity (Wildman–Crippen MR) is 65.1 cm³/mol. The Morgan fingerprint density at radius 1 is 1.50 bits per heavy atom. The van der Waals surface area contributed by atoms with Crippen LogP contribution in [0.3, 0.4) is 0 Å². The van der Waals surface area contributed by atoms with E-state index in [4.69, 9.17) is 0 Å². The predicted octanol–water partition coefficient (Wildman–Crippen LogP) is 1.12. The van der Waals surface area contributed by atoms with Crippen LogP contribution in [0.2, 0.25) is 0 Å². The SMILES string of the molecule is CNCc1cccn1CCC(=O)NC(C)C. The van der Waals surface area contributed by atoms with Crippen molar-refractivity contribution in [3.05, 3.63) is 24.0 Å². The Morgan fingerprint density at radius 3 is 2.88 bits per heavy atom. The summed E-state index contributed by atoms with van der Waals surface area (Å²) < 4.78 is 2.11. The van der Waals surface area contributed by atoms with Gasteiger partial charge in [-0.3, -0.25) is 4.79 Å². The van der Waals surface area contributed by atoms with Crippen molar-refractivity contribution < 1.29 is 4.79 Å². The lowest BCUT2D eigenvalue weighted by Crippen LogP contribution is -2.30. The van der Waals surface area contributed by atoms with E-state index in [1.807, 2.05) is 33.2 Å². The minimum atomic E-state index is 0.110. The fourth-order valence-electron chi connectivity index (χ4n) is 1.63. The molecule has 0 aliphatic heterocycles. The van der Waals surface area contributed by atoms with Crippen LogP contribution in [0.4, 0.5) is 0 Å². The molecule has 0 atom stereocenters. The van der Waals surface area contributed by atoms with E-state index in [1.165, 1.54) is 5.69 Å². The summed E-state index contributed by atoms with van der Waals surface area (Å²) in [4.78, 5) is 11.5. The summed E-state index contributed by atoms with van der Waals surface area (Å²) in [6, 6.07) is 4.29. The Hall–Kier alpha value is -1.29. The van der Waals surface area contributed by atoms with Gasteiger partial charge < -0.3 is 15.2 Å². The quantitative estimate of drug-likeness (QED) is 0.759. The highest BCUT2D eigenvalue weighted by Crippen LogP contribution is 2.03. The molecular weight excluding hydrogens is 202 g/mol. The van der Waals surface area contributed by atoms with Crippen LogP contribution >= 0.6 is 0 Å². The number of carbonyl (C=O) groups excluding carboxylic acids is 1. The molecule has 0 saturated carbocycles. The van der Waals surface area contributed by atoms with Crippen molar-refractivity contribution in [2.24, 2.45) is 0 Å². The zero-order valence-electron chi connectivity index (χ0n) is 10.3. The van der Waals surface area contributed by atoms with E-state index in [0.717, 1.165) is 13.1 Å². The van der Waals surface area contributed by atoms with Gasteiger partial charge in [0.2, 0.25) is 5.91 Å². The zero-order valence-corrected chi connectivity index (χ0v) is 10.3. The van der Waals surface area contributed by atoms with Crippen molar-refractivity contribution in [3.8, 4) is 0 Å². The van der Waals surface area contributed by atoms with Crippen LogP contribution in [-0.2, 0) is 17.9 Å². The third-order valence-corrected chi connectivity index (χ3v) is 2.31. The Bertz CT molecular complexity index is 331. The molecule has 0 bridgehead atoms. The number of aryl methyl sites for hydroxylation is 1. The molecule has 1 heterocycles. The molecule has 0 unspecified atom stereocenters. The van der Waals surface area contributed by atoms with Gasteiger partial charge in [0, 0.05) is 37.4 Å². The Labute approximate surface area is 97.0 Å². The third-order valence-electron chi connectivity index (χ3n) is 2.31. The second-order valence-corrected chi connectivity index (χ2v) is 4.20. The lowest BCUT2D eigenvalue weighted by atomic mass is 10.3. The lowest BCUT2D eigenvalue weighted by Gasteiger charge is -2.11. The average molecular weight is 223 g/mol. The van der Waals surface area contributed by atoms with E-state index >= 15 is 0 Å². The molecule has 1 amide bonds. The molecule has 0 aliphatic rings. The van der Waals surface area contributed by atoms with Gasteiger partial charge in [-0.05, 0) is 33.0 Å². The summed E-state index contributed by atoms with van der Waals surface area (Å²) in [5.74, 6) is 0.110. The minimum Gasteiger partial charge on any atom is -0.354 e. The second kappa shape index (κ2) is 6.33. The van der Waals surface area contributed by atoms with Gasteiger partial charge in [-0.2, -0.15) is 0 Å². The second-order valence-electron chi connectivity index (χ2n) is 4.20. The number of hydrogen-bond donors (Lipinski definition) is 2. The third kappa shape index (κ3) is 4.06. The number of aromatic nitrogens is 1. The Morgan fingerprint density at radius 2 is 2.25 bits per heavy atom. The molecule has 0 aromatic carbocycles. The van der Waals surface area contributed by atoms with Crippen LogP contribution in [0.25, 0.3) is 0 Å². The van der Waals surface area contributed by atoms with E-state index in [1.54, 1.807) is 0 Å². The van der Waals surface area contributed by atoms with Gasteiger partial charge in [-0.15, -0.1) is 0 Å². The van der Waals surface area contributed by atoms with Crippen LogP contribution < -0.4 is 10.6 Å². The Kier molecular flexibility index (Phi) is 5.05. The first-order chi connectivity index (χ1) is 7.63. The standard InChI is InChI=1S/C12H21N3O/c1-10(2)14-12(16)6-8-15-7-4-5-11(15)9-13-3/h4-5,7,10,13H,6,8-9H2,1-3H3,(H,14,16). The topological polar surface area (TPSA) is 46.1 Å². The molecule has 16 heavy (non-hydrogen) atoms. The molecule has 1 aromatic rings. The molecule has 4 nitrogen and oxygen atoms in total. The fraction of sp³-hybridized carbons (Fsp3) is 0.583. The molecular formula is C12H21N3O. The Balaban J connectivity index is 2.41. The molecule has 0 radical (unpaired) electrons. The van der Waals surface area contributed by atoms with Gasteiger partial charge in [-0.1, -0.05) is 0 Å². The van der Waals surface area contributed by atoms with E-state index in [-0.39, 0.29) is 11.9 Å². The monoisotopic (exact) mass is 223 g/mol. The smallest absolute Gasteiger partial charge is 0.221 e. The van der Waals surface area contributed by atoms with E-state index in [2.05, 4.69) is 21.3 Å². The van der Waals surface area contributed by atoms with Crippen LogP contribution in [-0.4, -0.2) is 23.6 Å². The van der Waals surface area contributed by atoms with Crippen molar-refractivity contribution in [2.75, 3.05) is 7.05 Å². The van der Waals surface area contributed by atoms with Crippen LogP contribution in [0.1, 0.15) is 26.0 Å². The maximum absolute atomic E-state index is 11.5. The largest absolute Gasteiger partial charge is 0.354 e. The molecule has 0 saturated heterocycles. The van der Waals surface area contributed by atoms with Crippen molar-refractivity contribution in [1.29, 1.82) is 0 Å². The first-order valence-corrected chi connectivity index (χ1v) is 5.71. The first-order valence-electron chi connectivity index (χ1n) is 5.71. The summed E-state index contributed by atoms with van der Waals surface area (Å²) in [5.41, 5.74) is 1.21. The summed E-state index contributed by atoms with van der Waals surface area (Å²) >= 11 is 0. The summed E-state index contributed by atoms with van der Waals surface area (Å²) in [7, 11) is 1.92. The molecule has 1 rings (SSSR count). The normalized spacial score (nSPS) is 10.8. The van der Waals surface area contributed by atoms with E-state index in [0.29, 0.717) is 6.42 Å². The molecule has 4 heteroatoms. The lowest BCUT2D eigenvalue weighted by molar-refractivity contribution is -0.121. The van der Waals surface area contributed by atoms with Gasteiger partial charge in [0.05, 0.1) is 0 Å². The van der Waals surface area contributed by atoms with Crippen molar-refractivity contribution in [2.45, 2.75) is 39.4 Å². The number of amides is 1. The highest BCUT2D eigenvalue weighted by atomic mass is 16.1. The van der Waals surface area contributed by atoms with Crippen LogP contribution in [0.5, 0.6) is 0 Å². The van der Waals surface area contributed by atoms with Gasteiger partial charge in [-0.25, -0.2) is 0 Å². The molecule has 1 aromatic heterocycles. The molecule has 0 aliphatic carbocycles. The molecule has 0 fully saturated rings. The van der Waals surface area contributed by atoms with Gasteiger partial charge in [0.15, 0.2) is 0 Å². The number of rotatable bonds is 6. The van der Waals surface area contributed by atoms with Crippen LogP contribution in [0, 0.1) is 0 Å². The number of nitrogens with one attached hydrogen (secondary N) is 2. The van der Waals surface area contributed by atoms with Crippen molar-refractivity contribution in [1.82, 2.24) is 15.2 Å². The number of nitrogens with zero attached hydrogens (tertiary/aromatic N) is 1. The fourth-order valence-corrected chi connectivity index (χ4v) is 1.63. The molecule has 2 N–H and O–H groups in total. The first kappa shape index (κ1) is 12.8. The minimum absolute atomic E-state index is 0.110. The zero-order chi connectivity index (χ0) is 12.0. The summed E-state index contributed by atoms with van der Waals surface area (Å²) in [6.07, 6.45) is 2.54. The molecule has 0 spiro atoms. The van der Waals surface area contributed by atoms with Gasteiger partial charge in [0.25, 0.3) is 0 Å². The van der Waals surface area contributed by atoms with Crippen molar-refractivity contribution in [3.63, 3.8) is 0 Å². The van der Waals surface area contributed by atoms with E-state index in [9.17, 15) is 4.79 Å². The van der Waals surface area contributed by atoms with Gasteiger partial charge >= 0.3 is 0 Å². The number of hydrogen-bond acceptors (Lipinski definition) is 2. The highest BCUT2D eigenvalue weighted by Gasteiger charge is 2.05. The number of carbonyl (C=O) groups is 1.